The van der Waals surface area contributed by atoms with Gasteiger partial charge in [-0.1, -0.05) is 37.1 Å². The van der Waals surface area contributed by atoms with Crippen molar-refractivity contribution in [1.29, 1.82) is 0 Å². The lowest BCUT2D eigenvalue weighted by Crippen LogP contribution is -2.39. The summed E-state index contributed by atoms with van der Waals surface area (Å²) in [6, 6.07) is 8.91. The predicted molar refractivity (Wildman–Crippen MR) is 143 cm³/mol. The maximum absolute atomic E-state index is 12.1. The highest BCUT2D eigenvalue weighted by molar-refractivity contribution is 14.0. The van der Waals surface area contributed by atoms with Gasteiger partial charge in [-0.25, -0.2) is 4.99 Å². The molecule has 6 nitrogen and oxygen atoms in total. The molecule has 2 fully saturated rings. The van der Waals surface area contributed by atoms with Gasteiger partial charge in [-0.05, 0) is 63.2 Å². The number of carbonyl (C=O) groups is 1. The van der Waals surface area contributed by atoms with E-state index in [4.69, 9.17) is 4.99 Å². The van der Waals surface area contributed by atoms with Crippen molar-refractivity contribution >= 4 is 35.8 Å². The normalized spacial score (nSPS) is 18.1. The Morgan fingerprint density at radius 2 is 1.62 bits per heavy atom. The molecule has 1 aromatic rings. The van der Waals surface area contributed by atoms with Gasteiger partial charge in [0.15, 0.2) is 5.96 Å². The predicted octanol–water partition coefficient (Wildman–Crippen LogP) is 4.14. The third-order valence-electron chi connectivity index (χ3n) is 6.21. The number of nitrogens with zero attached hydrogens (tertiary/aromatic N) is 3. The van der Waals surface area contributed by atoms with Crippen LogP contribution in [0.5, 0.6) is 0 Å². The number of nitrogens with one attached hydrogen (secondary N) is 2. The third-order valence-corrected chi connectivity index (χ3v) is 6.21. The SMILES string of the molecule is CCNC(=NCc1ccc(CN2CCCCC2)cc1)NCCCN1CCCCCC1=O.I. The minimum Gasteiger partial charge on any atom is -0.357 e. The summed E-state index contributed by atoms with van der Waals surface area (Å²) in [6.45, 7) is 9.70. The van der Waals surface area contributed by atoms with E-state index in [2.05, 4.69) is 46.7 Å². The van der Waals surface area contributed by atoms with E-state index in [1.54, 1.807) is 0 Å². The molecule has 1 amide bonds. The number of amides is 1. The summed E-state index contributed by atoms with van der Waals surface area (Å²) in [6.07, 6.45) is 9.07. The molecule has 3 rings (SSSR count). The summed E-state index contributed by atoms with van der Waals surface area (Å²) in [5.74, 6) is 1.17. The van der Waals surface area contributed by atoms with E-state index in [-0.39, 0.29) is 24.0 Å². The van der Waals surface area contributed by atoms with Gasteiger partial charge in [0.25, 0.3) is 0 Å². The first-order valence-corrected chi connectivity index (χ1v) is 12.3. The van der Waals surface area contributed by atoms with Gasteiger partial charge in [-0.3, -0.25) is 9.69 Å². The molecule has 2 N–H and O–H groups in total. The van der Waals surface area contributed by atoms with Crippen LogP contribution in [0.4, 0.5) is 0 Å². The van der Waals surface area contributed by atoms with Crippen molar-refractivity contribution in [1.82, 2.24) is 20.4 Å². The van der Waals surface area contributed by atoms with Crippen molar-refractivity contribution in [3.63, 3.8) is 0 Å². The highest BCUT2D eigenvalue weighted by atomic mass is 127. The fourth-order valence-corrected chi connectivity index (χ4v) is 4.39. The summed E-state index contributed by atoms with van der Waals surface area (Å²) < 4.78 is 0. The largest absolute Gasteiger partial charge is 0.357 e. The standard InChI is InChI=1S/C25H41N5O.HI/c1-2-26-25(27-15-9-19-30-18-8-3-5-10-24(30)31)28-20-22-11-13-23(14-12-22)21-29-16-6-4-7-17-29;/h11-14H,2-10,15-21H2,1H3,(H2,26,27,28);1H. The van der Waals surface area contributed by atoms with Crippen LogP contribution in [0.2, 0.25) is 0 Å². The number of piperidine rings is 1. The Kier molecular flexibility index (Phi) is 13.0. The average Bonchev–Trinajstić information content (AvgIpc) is 3.00. The van der Waals surface area contributed by atoms with Crippen LogP contribution < -0.4 is 10.6 Å². The van der Waals surface area contributed by atoms with Gasteiger partial charge in [0.2, 0.25) is 5.91 Å². The minimum atomic E-state index is 0. The zero-order valence-corrected chi connectivity index (χ0v) is 22.1. The molecule has 0 unspecified atom stereocenters. The Hall–Kier alpha value is -1.35. The molecule has 2 saturated heterocycles. The van der Waals surface area contributed by atoms with Crippen LogP contribution in [-0.2, 0) is 17.9 Å². The zero-order chi connectivity index (χ0) is 21.7. The Balaban J connectivity index is 0.00000363. The first-order valence-electron chi connectivity index (χ1n) is 12.3. The van der Waals surface area contributed by atoms with Gasteiger partial charge in [0.1, 0.15) is 0 Å². The first kappa shape index (κ1) is 26.9. The van der Waals surface area contributed by atoms with E-state index in [0.29, 0.717) is 18.9 Å². The second-order valence-electron chi connectivity index (χ2n) is 8.82. The molecule has 0 saturated carbocycles. The van der Waals surface area contributed by atoms with Gasteiger partial charge in [-0.2, -0.15) is 0 Å². The molecule has 2 aliphatic rings. The molecule has 0 radical (unpaired) electrons. The van der Waals surface area contributed by atoms with Gasteiger partial charge in [0.05, 0.1) is 6.54 Å². The van der Waals surface area contributed by atoms with Gasteiger partial charge in [0, 0.05) is 39.1 Å². The van der Waals surface area contributed by atoms with E-state index in [1.165, 1.54) is 49.9 Å². The van der Waals surface area contributed by atoms with Crippen molar-refractivity contribution in [2.24, 2.45) is 4.99 Å². The number of likely N-dealkylation sites (tertiary alicyclic amines) is 2. The first-order chi connectivity index (χ1) is 15.2. The molecule has 2 aliphatic heterocycles. The molecule has 0 bridgehead atoms. The van der Waals surface area contributed by atoms with Crippen molar-refractivity contribution in [2.45, 2.75) is 71.4 Å². The van der Waals surface area contributed by atoms with E-state index >= 15 is 0 Å². The zero-order valence-electron chi connectivity index (χ0n) is 19.8. The van der Waals surface area contributed by atoms with E-state index in [1.807, 2.05) is 4.90 Å². The molecule has 32 heavy (non-hydrogen) atoms. The number of carbonyl (C=O) groups excluding carboxylic acids is 1. The Morgan fingerprint density at radius 3 is 2.38 bits per heavy atom. The van der Waals surface area contributed by atoms with Crippen LogP contribution in [0.3, 0.4) is 0 Å². The minimum absolute atomic E-state index is 0. The van der Waals surface area contributed by atoms with Gasteiger partial charge in [-0.15, -0.1) is 24.0 Å². The lowest BCUT2D eigenvalue weighted by Gasteiger charge is -2.26. The van der Waals surface area contributed by atoms with Crippen molar-refractivity contribution < 1.29 is 4.79 Å². The van der Waals surface area contributed by atoms with Crippen molar-refractivity contribution in [2.75, 3.05) is 39.3 Å². The number of rotatable bonds is 9. The molecule has 7 heteroatoms. The molecule has 1 aromatic carbocycles. The molecule has 0 aliphatic carbocycles. The van der Waals surface area contributed by atoms with Crippen LogP contribution in [0.15, 0.2) is 29.3 Å². The molecule has 0 atom stereocenters. The number of guanidine groups is 1. The lowest BCUT2D eigenvalue weighted by molar-refractivity contribution is -0.130. The van der Waals surface area contributed by atoms with Crippen LogP contribution in [-0.4, -0.2) is 60.9 Å². The quantitative estimate of drug-likeness (QED) is 0.208. The summed E-state index contributed by atoms with van der Waals surface area (Å²) >= 11 is 0. The summed E-state index contributed by atoms with van der Waals surface area (Å²) in [7, 11) is 0. The van der Waals surface area contributed by atoms with Crippen LogP contribution >= 0.6 is 24.0 Å². The van der Waals surface area contributed by atoms with E-state index in [0.717, 1.165) is 57.9 Å². The van der Waals surface area contributed by atoms with Crippen LogP contribution in [0.1, 0.15) is 69.4 Å². The topological polar surface area (TPSA) is 60.0 Å². The highest BCUT2D eigenvalue weighted by Crippen LogP contribution is 2.14. The van der Waals surface area contributed by atoms with E-state index in [9.17, 15) is 4.79 Å². The van der Waals surface area contributed by atoms with Crippen molar-refractivity contribution in [3.05, 3.63) is 35.4 Å². The summed E-state index contributed by atoms with van der Waals surface area (Å²) in [4.78, 5) is 21.4. The maximum atomic E-state index is 12.1. The fourth-order valence-electron chi connectivity index (χ4n) is 4.39. The molecule has 180 valence electrons. The average molecular weight is 556 g/mol. The molecular formula is C25H42IN5O. The molecule has 2 heterocycles. The Bertz CT molecular complexity index is 688. The number of halogens is 1. The van der Waals surface area contributed by atoms with E-state index < -0.39 is 0 Å². The maximum Gasteiger partial charge on any atom is 0.222 e. The summed E-state index contributed by atoms with van der Waals surface area (Å²) in [5, 5.41) is 6.75. The van der Waals surface area contributed by atoms with Crippen molar-refractivity contribution in [3.8, 4) is 0 Å². The third kappa shape index (κ3) is 9.65. The highest BCUT2D eigenvalue weighted by Gasteiger charge is 2.15. The lowest BCUT2D eigenvalue weighted by atomic mass is 10.1. The number of benzene rings is 1. The number of hydrogen-bond acceptors (Lipinski definition) is 3. The Morgan fingerprint density at radius 1 is 0.938 bits per heavy atom. The Labute approximate surface area is 211 Å². The van der Waals surface area contributed by atoms with Gasteiger partial charge >= 0.3 is 0 Å². The molecular weight excluding hydrogens is 513 g/mol. The number of aliphatic imine (C=N–C) groups is 1. The fraction of sp³-hybridized carbons (Fsp3) is 0.680. The second kappa shape index (κ2) is 15.5. The van der Waals surface area contributed by atoms with Crippen LogP contribution in [0, 0.1) is 0 Å². The molecule has 0 spiro atoms. The monoisotopic (exact) mass is 555 g/mol. The second-order valence-corrected chi connectivity index (χ2v) is 8.82. The summed E-state index contributed by atoms with van der Waals surface area (Å²) in [5.41, 5.74) is 2.62. The van der Waals surface area contributed by atoms with Crippen LogP contribution in [0.25, 0.3) is 0 Å². The number of hydrogen-bond donors (Lipinski definition) is 2. The van der Waals surface area contributed by atoms with Gasteiger partial charge < -0.3 is 15.5 Å². The smallest absolute Gasteiger partial charge is 0.222 e. The molecule has 0 aromatic heterocycles.